The summed E-state index contributed by atoms with van der Waals surface area (Å²) in [7, 11) is 1.69. The van der Waals surface area contributed by atoms with Crippen LogP contribution in [0.2, 0.25) is 0 Å². The van der Waals surface area contributed by atoms with Gasteiger partial charge in [-0.15, -0.1) is 0 Å². The van der Waals surface area contributed by atoms with Crippen LogP contribution in [0.3, 0.4) is 0 Å². The number of aliphatic hydroxyl groups excluding tert-OH is 1. The second kappa shape index (κ2) is 9.09. The van der Waals surface area contributed by atoms with Gasteiger partial charge in [-0.1, -0.05) is 13.8 Å². The molecule has 4 nitrogen and oxygen atoms in total. The predicted octanol–water partition coefficient (Wildman–Crippen LogP) is 0.314. The van der Waals surface area contributed by atoms with Crippen molar-refractivity contribution in [3.05, 3.63) is 0 Å². The van der Waals surface area contributed by atoms with Gasteiger partial charge in [0, 0.05) is 26.2 Å². The number of likely N-dealkylation sites (N-methyl/N-ethyl adjacent to an activating group) is 1. The highest BCUT2D eigenvalue weighted by Crippen LogP contribution is 1.92. The van der Waals surface area contributed by atoms with Gasteiger partial charge in [-0.2, -0.15) is 0 Å². The Balaban J connectivity index is 3.59. The van der Waals surface area contributed by atoms with E-state index in [1.54, 1.807) is 7.11 Å². The van der Waals surface area contributed by atoms with Crippen molar-refractivity contribution in [2.75, 3.05) is 39.9 Å². The third-order valence-electron chi connectivity index (χ3n) is 2.48. The molecule has 0 saturated heterocycles. The van der Waals surface area contributed by atoms with Crippen LogP contribution in [-0.2, 0) is 4.74 Å². The molecular weight excluding hydrogens is 192 g/mol. The smallest absolute Gasteiger partial charge is 0.0791 e. The van der Waals surface area contributed by atoms with Gasteiger partial charge < -0.3 is 20.1 Å². The summed E-state index contributed by atoms with van der Waals surface area (Å²) in [4.78, 5) is 2.22. The van der Waals surface area contributed by atoms with Crippen molar-refractivity contribution in [3.63, 3.8) is 0 Å². The average Bonchev–Trinajstić information content (AvgIpc) is 2.23. The molecule has 0 aromatic rings. The maximum absolute atomic E-state index is 9.75. The molecule has 0 radical (unpaired) electrons. The van der Waals surface area contributed by atoms with Gasteiger partial charge in [-0.05, 0) is 20.0 Å². The van der Waals surface area contributed by atoms with Gasteiger partial charge in [-0.25, -0.2) is 0 Å². The first-order valence-corrected chi connectivity index (χ1v) is 5.76. The number of hydrogen-bond donors (Lipinski definition) is 2. The van der Waals surface area contributed by atoms with Crippen molar-refractivity contribution in [2.45, 2.75) is 32.9 Å². The maximum atomic E-state index is 9.75. The first-order chi connectivity index (χ1) is 7.13. The molecule has 0 rings (SSSR count). The molecule has 0 aromatic carbocycles. The van der Waals surface area contributed by atoms with Crippen LogP contribution in [0.1, 0.15) is 20.8 Å². The van der Waals surface area contributed by atoms with E-state index in [0.717, 1.165) is 19.6 Å². The number of nitrogens with one attached hydrogen (secondary N) is 1. The Kier molecular flexibility index (Phi) is 9.00. The lowest BCUT2D eigenvalue weighted by Gasteiger charge is -2.23. The van der Waals surface area contributed by atoms with Crippen LogP contribution in [0.15, 0.2) is 0 Å². The zero-order chi connectivity index (χ0) is 11.7. The molecule has 0 heterocycles. The Morgan fingerprint density at radius 2 is 1.93 bits per heavy atom. The monoisotopic (exact) mass is 218 g/mol. The molecular formula is C11H26N2O2. The molecule has 4 heteroatoms. The van der Waals surface area contributed by atoms with Gasteiger partial charge in [0.15, 0.2) is 0 Å². The molecule has 0 aliphatic rings. The molecule has 15 heavy (non-hydrogen) atoms. The summed E-state index contributed by atoms with van der Waals surface area (Å²) in [5.74, 6) is 0. The van der Waals surface area contributed by atoms with E-state index in [1.165, 1.54) is 0 Å². The summed E-state index contributed by atoms with van der Waals surface area (Å²) >= 11 is 0. The number of methoxy groups -OCH3 is 1. The Morgan fingerprint density at radius 1 is 1.33 bits per heavy atom. The van der Waals surface area contributed by atoms with E-state index in [9.17, 15) is 5.11 Å². The summed E-state index contributed by atoms with van der Waals surface area (Å²) < 4.78 is 5.00. The molecule has 2 unspecified atom stereocenters. The fourth-order valence-electron chi connectivity index (χ4n) is 1.49. The number of aliphatic hydroxyl groups is 1. The van der Waals surface area contributed by atoms with Crippen molar-refractivity contribution >= 4 is 0 Å². The van der Waals surface area contributed by atoms with Crippen LogP contribution in [0.25, 0.3) is 0 Å². The predicted molar refractivity (Wildman–Crippen MR) is 63.1 cm³/mol. The normalized spacial score (nSPS) is 15.6. The lowest BCUT2D eigenvalue weighted by atomic mass is 10.3. The SMILES string of the molecule is CCN(CC)CC(O)CNC(C)COC. The minimum atomic E-state index is -0.302. The fourth-order valence-corrected chi connectivity index (χ4v) is 1.49. The van der Waals surface area contributed by atoms with Crippen LogP contribution in [0.4, 0.5) is 0 Å². The molecule has 0 fully saturated rings. The zero-order valence-electron chi connectivity index (χ0n) is 10.5. The molecule has 0 aliphatic heterocycles. The first-order valence-electron chi connectivity index (χ1n) is 5.76. The molecule has 2 N–H and O–H groups in total. The summed E-state index contributed by atoms with van der Waals surface area (Å²) in [6, 6.07) is 0.293. The van der Waals surface area contributed by atoms with Crippen LogP contribution >= 0.6 is 0 Å². The molecule has 0 spiro atoms. The van der Waals surface area contributed by atoms with E-state index in [0.29, 0.717) is 19.2 Å². The second-order valence-electron chi connectivity index (χ2n) is 3.90. The summed E-state index contributed by atoms with van der Waals surface area (Å²) in [6.45, 7) is 10.3. The lowest BCUT2D eigenvalue weighted by molar-refractivity contribution is 0.106. The van der Waals surface area contributed by atoms with Crippen LogP contribution in [-0.4, -0.2) is 62.0 Å². The van der Waals surface area contributed by atoms with E-state index in [4.69, 9.17) is 4.74 Å². The summed E-state index contributed by atoms with van der Waals surface area (Å²) in [5.41, 5.74) is 0. The average molecular weight is 218 g/mol. The Bertz CT molecular complexity index is 141. The quantitative estimate of drug-likeness (QED) is 0.585. The van der Waals surface area contributed by atoms with Gasteiger partial charge in [0.25, 0.3) is 0 Å². The largest absolute Gasteiger partial charge is 0.390 e. The Morgan fingerprint density at radius 3 is 2.40 bits per heavy atom. The van der Waals surface area contributed by atoms with Gasteiger partial charge in [0.1, 0.15) is 0 Å². The van der Waals surface area contributed by atoms with Crippen LogP contribution in [0.5, 0.6) is 0 Å². The van der Waals surface area contributed by atoms with E-state index in [-0.39, 0.29) is 6.10 Å². The third kappa shape index (κ3) is 7.73. The molecule has 0 aliphatic carbocycles. The van der Waals surface area contributed by atoms with Crippen molar-refractivity contribution in [1.29, 1.82) is 0 Å². The highest BCUT2D eigenvalue weighted by Gasteiger charge is 2.09. The number of rotatable bonds is 9. The fraction of sp³-hybridized carbons (Fsp3) is 1.00. The second-order valence-corrected chi connectivity index (χ2v) is 3.90. The topological polar surface area (TPSA) is 44.7 Å². The molecule has 92 valence electrons. The Hall–Kier alpha value is -0.160. The zero-order valence-corrected chi connectivity index (χ0v) is 10.5. The number of nitrogens with zero attached hydrogens (tertiary/aromatic N) is 1. The van der Waals surface area contributed by atoms with Crippen molar-refractivity contribution in [2.24, 2.45) is 0 Å². The number of ether oxygens (including phenoxy) is 1. The number of hydrogen-bond acceptors (Lipinski definition) is 4. The first kappa shape index (κ1) is 14.8. The van der Waals surface area contributed by atoms with E-state index in [2.05, 4.69) is 24.1 Å². The molecule has 0 amide bonds. The third-order valence-corrected chi connectivity index (χ3v) is 2.48. The van der Waals surface area contributed by atoms with E-state index < -0.39 is 0 Å². The highest BCUT2D eigenvalue weighted by molar-refractivity contribution is 4.68. The van der Waals surface area contributed by atoms with Gasteiger partial charge in [-0.3, -0.25) is 0 Å². The van der Waals surface area contributed by atoms with Gasteiger partial charge >= 0.3 is 0 Å². The molecule has 2 atom stereocenters. The summed E-state index contributed by atoms with van der Waals surface area (Å²) in [6.07, 6.45) is -0.302. The van der Waals surface area contributed by atoms with E-state index in [1.807, 2.05) is 6.92 Å². The van der Waals surface area contributed by atoms with Crippen LogP contribution in [0, 0.1) is 0 Å². The lowest BCUT2D eigenvalue weighted by Crippen LogP contribution is -2.42. The van der Waals surface area contributed by atoms with Gasteiger partial charge in [0.2, 0.25) is 0 Å². The molecule has 0 saturated carbocycles. The van der Waals surface area contributed by atoms with Gasteiger partial charge in [0.05, 0.1) is 12.7 Å². The van der Waals surface area contributed by atoms with Crippen molar-refractivity contribution in [1.82, 2.24) is 10.2 Å². The highest BCUT2D eigenvalue weighted by atomic mass is 16.5. The summed E-state index contributed by atoms with van der Waals surface area (Å²) in [5, 5.41) is 13.0. The minimum absolute atomic E-state index is 0.293. The molecule has 0 aromatic heterocycles. The van der Waals surface area contributed by atoms with Crippen molar-refractivity contribution < 1.29 is 9.84 Å². The Labute approximate surface area is 93.6 Å². The standard InChI is InChI=1S/C11H26N2O2/c1-5-13(6-2)8-11(14)7-12-10(3)9-15-4/h10-12,14H,5-9H2,1-4H3. The molecule has 0 bridgehead atoms. The van der Waals surface area contributed by atoms with E-state index >= 15 is 0 Å². The minimum Gasteiger partial charge on any atom is -0.390 e. The van der Waals surface area contributed by atoms with Crippen molar-refractivity contribution in [3.8, 4) is 0 Å². The van der Waals surface area contributed by atoms with Crippen LogP contribution < -0.4 is 5.32 Å². The maximum Gasteiger partial charge on any atom is 0.0791 e.